The number of benzene rings is 2. The Kier molecular flexibility index (Phi) is 8.06. The number of carbonyl (C=O) groups excluding carboxylic acids is 3. The van der Waals surface area contributed by atoms with Crippen molar-refractivity contribution in [3.05, 3.63) is 47.5 Å². The zero-order chi connectivity index (χ0) is 29.5. The first-order valence-electron chi connectivity index (χ1n) is 12.7. The van der Waals surface area contributed by atoms with Gasteiger partial charge < -0.3 is 21.3 Å². The van der Waals surface area contributed by atoms with Gasteiger partial charge in [0, 0.05) is 43.7 Å². The van der Waals surface area contributed by atoms with E-state index in [1.807, 2.05) is 25.8 Å². The lowest BCUT2D eigenvalue weighted by Gasteiger charge is -2.44. The fraction of sp³-hybridized carbons (Fsp3) is 0.444. The van der Waals surface area contributed by atoms with Crippen molar-refractivity contribution in [3.63, 3.8) is 0 Å². The van der Waals surface area contributed by atoms with Crippen LogP contribution in [0.4, 0.5) is 33.3 Å². The van der Waals surface area contributed by atoms with Crippen molar-refractivity contribution in [1.29, 1.82) is 0 Å². The number of nitrogens with zero attached hydrogens (tertiary/aromatic N) is 2. The van der Waals surface area contributed by atoms with Crippen molar-refractivity contribution in [2.24, 2.45) is 17.6 Å². The molecule has 0 bridgehead atoms. The molecule has 3 amide bonds. The van der Waals surface area contributed by atoms with Gasteiger partial charge in [-0.2, -0.15) is 13.2 Å². The maximum absolute atomic E-state index is 15.5. The van der Waals surface area contributed by atoms with Crippen molar-refractivity contribution in [2.45, 2.75) is 38.5 Å². The summed E-state index contributed by atoms with van der Waals surface area (Å²) in [6.45, 7) is 4.30. The molecule has 8 nitrogen and oxygen atoms in total. The number of anilines is 2. The topological polar surface area (TPSA) is 108 Å². The summed E-state index contributed by atoms with van der Waals surface area (Å²) in [6, 6.07) is 5.75. The van der Waals surface area contributed by atoms with Crippen LogP contribution < -0.4 is 21.3 Å². The van der Waals surface area contributed by atoms with Gasteiger partial charge in [0.2, 0.25) is 11.8 Å². The third-order valence-electron chi connectivity index (χ3n) is 7.76. The van der Waals surface area contributed by atoms with E-state index in [4.69, 9.17) is 5.73 Å². The van der Waals surface area contributed by atoms with Gasteiger partial charge in [-0.25, -0.2) is 8.78 Å². The van der Waals surface area contributed by atoms with Gasteiger partial charge >= 0.3 is 6.18 Å². The van der Waals surface area contributed by atoms with Gasteiger partial charge in [-0.15, -0.1) is 0 Å². The second-order valence-corrected chi connectivity index (χ2v) is 10.4. The number of primary amides is 1. The lowest BCUT2D eigenvalue weighted by Crippen LogP contribution is -2.55. The van der Waals surface area contributed by atoms with E-state index in [0.717, 1.165) is 18.2 Å². The van der Waals surface area contributed by atoms with Gasteiger partial charge in [-0.1, -0.05) is 6.07 Å². The number of alkyl halides is 3. The monoisotopic (exact) mass is 567 g/mol. The van der Waals surface area contributed by atoms with Crippen LogP contribution in [0.1, 0.15) is 30.6 Å². The highest BCUT2D eigenvalue weighted by molar-refractivity contribution is 5.98. The molecule has 2 saturated heterocycles. The van der Waals surface area contributed by atoms with E-state index < -0.39 is 65.9 Å². The maximum atomic E-state index is 15.5. The maximum Gasteiger partial charge on any atom is 0.393 e. The molecule has 2 fully saturated rings. The van der Waals surface area contributed by atoms with E-state index in [2.05, 4.69) is 15.5 Å². The predicted octanol–water partition coefficient (Wildman–Crippen LogP) is 3.51. The van der Waals surface area contributed by atoms with Gasteiger partial charge in [-0.05, 0) is 50.7 Å². The van der Waals surface area contributed by atoms with Crippen molar-refractivity contribution in [1.82, 2.24) is 10.2 Å². The SMILES string of the molecule is C[C@@H]1CN(c2cc(F)c(-c3ccc(C(N)=O)c(F)c3)cc2NC(=O)C2CNC(=O)CC2C(F)(F)F)C[C@H](C)N1C. The molecule has 0 aromatic heterocycles. The zero-order valence-electron chi connectivity index (χ0n) is 22.1. The molecule has 2 aliphatic heterocycles. The quantitative estimate of drug-likeness (QED) is 0.480. The van der Waals surface area contributed by atoms with Crippen LogP contribution in [0, 0.1) is 23.5 Å². The summed E-state index contributed by atoms with van der Waals surface area (Å²) in [5, 5.41) is 4.84. The van der Waals surface area contributed by atoms with Crippen LogP contribution in [-0.2, 0) is 9.59 Å². The summed E-state index contributed by atoms with van der Waals surface area (Å²) in [7, 11) is 1.94. The summed E-state index contributed by atoms with van der Waals surface area (Å²) >= 11 is 0. The molecule has 0 saturated carbocycles. The van der Waals surface area contributed by atoms with Gasteiger partial charge in [0.25, 0.3) is 5.91 Å². The largest absolute Gasteiger partial charge is 0.393 e. The predicted molar refractivity (Wildman–Crippen MR) is 139 cm³/mol. The number of amides is 3. The Morgan fingerprint density at radius 1 is 1.05 bits per heavy atom. The summed E-state index contributed by atoms with van der Waals surface area (Å²) < 4.78 is 71.2. The minimum absolute atomic E-state index is 0.0280. The summed E-state index contributed by atoms with van der Waals surface area (Å²) in [6.07, 6.45) is -5.68. The summed E-state index contributed by atoms with van der Waals surface area (Å²) in [5.41, 5.74) is 4.92. The number of carbonyl (C=O) groups is 3. The molecule has 13 heteroatoms. The van der Waals surface area contributed by atoms with Crippen molar-refractivity contribution in [2.75, 3.05) is 36.9 Å². The molecule has 2 aliphatic rings. The first-order valence-corrected chi connectivity index (χ1v) is 12.7. The third-order valence-corrected chi connectivity index (χ3v) is 7.76. The molecular weight excluding hydrogens is 537 g/mol. The highest BCUT2D eigenvalue weighted by Gasteiger charge is 2.50. The number of hydrogen-bond acceptors (Lipinski definition) is 5. The Hall–Kier alpha value is -3.74. The first-order chi connectivity index (χ1) is 18.7. The van der Waals surface area contributed by atoms with Crippen molar-refractivity contribution >= 4 is 29.1 Å². The van der Waals surface area contributed by atoms with Gasteiger partial charge in [0.05, 0.1) is 28.8 Å². The molecule has 0 spiro atoms. The highest BCUT2D eigenvalue weighted by Crippen LogP contribution is 2.39. The van der Waals surface area contributed by atoms with Crippen molar-refractivity contribution in [3.8, 4) is 11.1 Å². The van der Waals surface area contributed by atoms with Crippen LogP contribution in [0.2, 0.25) is 0 Å². The average molecular weight is 568 g/mol. The molecule has 40 heavy (non-hydrogen) atoms. The number of halogens is 5. The molecule has 4 N–H and O–H groups in total. The molecule has 4 atom stereocenters. The van der Waals surface area contributed by atoms with Gasteiger partial charge in [0.1, 0.15) is 11.6 Å². The average Bonchev–Trinajstić information content (AvgIpc) is 2.86. The van der Waals surface area contributed by atoms with E-state index in [9.17, 15) is 31.9 Å². The molecule has 2 unspecified atom stereocenters. The number of nitrogens with two attached hydrogens (primary N) is 1. The molecular formula is C27H30F5N5O3. The van der Waals surface area contributed by atoms with Crippen LogP contribution in [0.3, 0.4) is 0 Å². The fourth-order valence-corrected chi connectivity index (χ4v) is 5.25. The van der Waals surface area contributed by atoms with Crippen LogP contribution in [0.15, 0.2) is 30.3 Å². The Bertz CT molecular complexity index is 1320. The Balaban J connectivity index is 1.77. The number of nitrogens with one attached hydrogen (secondary N) is 2. The number of piperazine rings is 1. The normalized spacial score (nSPS) is 24.0. The van der Waals surface area contributed by atoms with E-state index in [-0.39, 0.29) is 34.6 Å². The smallest absolute Gasteiger partial charge is 0.367 e. The number of rotatable bonds is 5. The molecule has 2 aromatic rings. The van der Waals surface area contributed by atoms with E-state index in [0.29, 0.717) is 13.1 Å². The van der Waals surface area contributed by atoms with E-state index in [1.165, 1.54) is 12.1 Å². The molecule has 4 rings (SSSR count). The third kappa shape index (κ3) is 5.88. The Morgan fingerprint density at radius 2 is 1.70 bits per heavy atom. The van der Waals surface area contributed by atoms with Crippen LogP contribution in [-0.4, -0.2) is 67.6 Å². The minimum atomic E-state index is -4.79. The van der Waals surface area contributed by atoms with Crippen LogP contribution in [0.5, 0.6) is 0 Å². The Morgan fingerprint density at radius 3 is 2.27 bits per heavy atom. The zero-order valence-corrected chi connectivity index (χ0v) is 22.1. The van der Waals surface area contributed by atoms with Crippen LogP contribution >= 0.6 is 0 Å². The van der Waals surface area contributed by atoms with E-state index >= 15 is 4.39 Å². The minimum Gasteiger partial charge on any atom is -0.367 e. The second-order valence-electron chi connectivity index (χ2n) is 10.4. The Labute approximate surface area is 227 Å². The lowest BCUT2D eigenvalue weighted by atomic mass is 9.84. The molecule has 0 radical (unpaired) electrons. The molecule has 0 aliphatic carbocycles. The van der Waals surface area contributed by atoms with Gasteiger partial charge in [-0.3, -0.25) is 19.3 Å². The van der Waals surface area contributed by atoms with E-state index in [1.54, 1.807) is 0 Å². The number of piperidine rings is 1. The highest BCUT2D eigenvalue weighted by atomic mass is 19.4. The molecule has 2 aromatic carbocycles. The summed E-state index contributed by atoms with van der Waals surface area (Å²) in [4.78, 5) is 40.3. The first kappa shape index (κ1) is 29.2. The number of likely N-dealkylation sites (N-methyl/N-ethyl adjacent to an activating group) is 1. The molecule has 216 valence electrons. The summed E-state index contributed by atoms with van der Waals surface area (Å²) in [5.74, 6) is -8.36. The molecule has 2 heterocycles. The van der Waals surface area contributed by atoms with Crippen LogP contribution in [0.25, 0.3) is 11.1 Å². The van der Waals surface area contributed by atoms with Crippen molar-refractivity contribution < 1.29 is 36.3 Å². The fourth-order valence-electron chi connectivity index (χ4n) is 5.25. The number of hydrogen-bond donors (Lipinski definition) is 3. The van der Waals surface area contributed by atoms with Gasteiger partial charge in [0.15, 0.2) is 0 Å². The standard InChI is InChI=1S/C27H30F5N5O3/c1-13-11-37(12-14(2)36(13)3)23-9-21(29)17(15-4-5-16(25(33)39)20(28)6-15)7-22(23)35-26(40)18-10-34-24(38)8-19(18)27(30,31)32/h4-7,9,13-14,18-19H,8,10-12H2,1-3H3,(H2,33,39)(H,34,38)(H,35,40)/t13-,14+,18?,19?. The second kappa shape index (κ2) is 11.0. The lowest BCUT2D eigenvalue weighted by molar-refractivity contribution is -0.197.